The number of morpholine rings is 1. The molecule has 0 spiro atoms. The Morgan fingerprint density at radius 2 is 2.25 bits per heavy atom. The van der Waals surface area contributed by atoms with E-state index < -0.39 is 0 Å². The Balaban J connectivity index is 2.20. The van der Waals surface area contributed by atoms with Crippen molar-refractivity contribution in [2.45, 2.75) is 32.0 Å². The second kappa shape index (κ2) is 6.98. The monoisotopic (exact) mass is 344 g/mol. The van der Waals surface area contributed by atoms with Crippen molar-refractivity contribution in [1.29, 1.82) is 0 Å². The van der Waals surface area contributed by atoms with E-state index in [1.807, 2.05) is 12.1 Å². The van der Waals surface area contributed by atoms with Crippen LogP contribution < -0.4 is 5.32 Å². The van der Waals surface area contributed by atoms with Gasteiger partial charge in [-0.2, -0.15) is 0 Å². The van der Waals surface area contributed by atoms with Crippen LogP contribution in [0.3, 0.4) is 0 Å². The van der Waals surface area contributed by atoms with Crippen LogP contribution in [0.2, 0.25) is 0 Å². The minimum atomic E-state index is -0.231. The molecule has 5 heteroatoms. The Labute approximate surface area is 128 Å². The first-order chi connectivity index (χ1) is 9.49. The molecule has 2 rings (SSSR count). The Hall–Kier alpha value is -0.490. The number of hydrogen-bond acceptors (Lipinski definition) is 3. The lowest BCUT2D eigenvalue weighted by atomic mass is 9.98. The highest BCUT2D eigenvalue weighted by molar-refractivity contribution is 9.10. The van der Waals surface area contributed by atoms with Gasteiger partial charge in [0.25, 0.3) is 0 Å². The van der Waals surface area contributed by atoms with E-state index in [4.69, 9.17) is 4.74 Å². The van der Waals surface area contributed by atoms with Crippen LogP contribution in [0.1, 0.15) is 25.5 Å². The minimum Gasteiger partial charge on any atom is -0.374 e. The molecule has 2 unspecified atom stereocenters. The van der Waals surface area contributed by atoms with E-state index in [0.29, 0.717) is 10.5 Å². The molecular formula is C15H22BrFN2O. The van der Waals surface area contributed by atoms with Gasteiger partial charge in [0.05, 0.1) is 23.2 Å². The van der Waals surface area contributed by atoms with Crippen LogP contribution in [0.15, 0.2) is 22.7 Å². The summed E-state index contributed by atoms with van der Waals surface area (Å²) >= 11 is 3.26. The molecule has 1 aliphatic rings. The molecule has 1 heterocycles. The molecule has 0 aliphatic carbocycles. The van der Waals surface area contributed by atoms with E-state index in [-0.39, 0.29) is 18.0 Å². The number of benzene rings is 1. The molecular weight excluding hydrogens is 323 g/mol. The predicted octanol–water partition coefficient (Wildman–Crippen LogP) is 2.96. The van der Waals surface area contributed by atoms with E-state index >= 15 is 0 Å². The van der Waals surface area contributed by atoms with Gasteiger partial charge in [-0.25, -0.2) is 4.39 Å². The Morgan fingerprint density at radius 3 is 2.90 bits per heavy atom. The summed E-state index contributed by atoms with van der Waals surface area (Å²) in [7, 11) is 2.09. The maximum Gasteiger partial charge on any atom is 0.137 e. The van der Waals surface area contributed by atoms with Crippen LogP contribution >= 0.6 is 15.9 Å². The number of halogens is 2. The van der Waals surface area contributed by atoms with E-state index in [0.717, 1.165) is 25.3 Å². The van der Waals surface area contributed by atoms with Gasteiger partial charge in [-0.1, -0.05) is 19.9 Å². The summed E-state index contributed by atoms with van der Waals surface area (Å²) in [5.41, 5.74) is 1.08. The fourth-order valence-corrected chi connectivity index (χ4v) is 2.95. The molecule has 0 saturated carbocycles. The van der Waals surface area contributed by atoms with Gasteiger partial charge < -0.3 is 10.1 Å². The van der Waals surface area contributed by atoms with Gasteiger partial charge in [-0.15, -0.1) is 0 Å². The van der Waals surface area contributed by atoms with Crippen molar-refractivity contribution in [3.05, 3.63) is 34.1 Å². The molecule has 1 aliphatic heterocycles. The first-order valence-electron chi connectivity index (χ1n) is 6.99. The molecule has 0 bridgehead atoms. The topological polar surface area (TPSA) is 24.5 Å². The van der Waals surface area contributed by atoms with E-state index in [2.05, 4.69) is 47.0 Å². The summed E-state index contributed by atoms with van der Waals surface area (Å²) in [5, 5.41) is 3.42. The summed E-state index contributed by atoms with van der Waals surface area (Å²) in [6.07, 6.45) is 0.0773. The fraction of sp³-hybridized carbons (Fsp3) is 0.600. The summed E-state index contributed by atoms with van der Waals surface area (Å²) in [6.45, 7) is 6.66. The average molecular weight is 345 g/mol. The smallest absolute Gasteiger partial charge is 0.137 e. The summed E-state index contributed by atoms with van der Waals surface area (Å²) in [4.78, 5) is 2.27. The third-order valence-electron chi connectivity index (χ3n) is 3.62. The lowest BCUT2D eigenvalue weighted by Gasteiger charge is -2.40. The van der Waals surface area contributed by atoms with Gasteiger partial charge >= 0.3 is 0 Å². The van der Waals surface area contributed by atoms with Crippen molar-refractivity contribution in [3.8, 4) is 0 Å². The van der Waals surface area contributed by atoms with E-state index in [1.54, 1.807) is 0 Å². The maximum atomic E-state index is 13.4. The lowest BCUT2D eigenvalue weighted by molar-refractivity contribution is -0.0620. The van der Waals surface area contributed by atoms with Crippen molar-refractivity contribution in [1.82, 2.24) is 10.2 Å². The SMILES string of the molecule is CC(C)NCC1OCCN(C)C1c1ccc(F)c(Br)c1. The zero-order valence-electron chi connectivity index (χ0n) is 12.2. The van der Waals surface area contributed by atoms with Crippen molar-refractivity contribution in [3.63, 3.8) is 0 Å². The van der Waals surface area contributed by atoms with E-state index in [1.165, 1.54) is 6.07 Å². The molecule has 1 fully saturated rings. The largest absolute Gasteiger partial charge is 0.374 e. The molecule has 1 saturated heterocycles. The number of nitrogens with zero attached hydrogens (tertiary/aromatic N) is 1. The van der Waals surface area contributed by atoms with Crippen LogP contribution in [0.25, 0.3) is 0 Å². The quantitative estimate of drug-likeness (QED) is 0.908. The van der Waals surface area contributed by atoms with Gasteiger partial charge in [-0.05, 0) is 40.7 Å². The predicted molar refractivity (Wildman–Crippen MR) is 82.3 cm³/mol. The standard InChI is InChI=1S/C15H22BrFN2O/c1-10(2)18-9-14-15(19(3)6-7-20-14)11-4-5-13(17)12(16)8-11/h4-5,8,10,14-15,18H,6-7,9H2,1-3H3. The zero-order valence-corrected chi connectivity index (χ0v) is 13.8. The third kappa shape index (κ3) is 3.79. The van der Waals surface area contributed by atoms with Crippen LogP contribution in [-0.2, 0) is 4.74 Å². The second-order valence-corrected chi connectivity index (χ2v) is 6.43. The van der Waals surface area contributed by atoms with Gasteiger partial charge in [0.15, 0.2) is 0 Å². The number of hydrogen-bond donors (Lipinski definition) is 1. The minimum absolute atomic E-state index is 0.0773. The first kappa shape index (κ1) is 15.9. The summed E-state index contributed by atoms with van der Waals surface area (Å²) in [5.74, 6) is -0.231. The molecule has 0 amide bonds. The van der Waals surface area contributed by atoms with Gasteiger partial charge in [0.1, 0.15) is 5.82 Å². The summed E-state index contributed by atoms with van der Waals surface area (Å²) < 4.78 is 19.8. The van der Waals surface area contributed by atoms with Crippen molar-refractivity contribution < 1.29 is 9.13 Å². The molecule has 112 valence electrons. The van der Waals surface area contributed by atoms with E-state index in [9.17, 15) is 4.39 Å². The van der Waals surface area contributed by atoms with Gasteiger partial charge in [0.2, 0.25) is 0 Å². The van der Waals surface area contributed by atoms with Crippen LogP contribution in [0.5, 0.6) is 0 Å². The average Bonchev–Trinajstić information content (AvgIpc) is 2.40. The van der Waals surface area contributed by atoms with Gasteiger partial charge in [-0.3, -0.25) is 4.90 Å². The van der Waals surface area contributed by atoms with Crippen LogP contribution in [-0.4, -0.2) is 43.8 Å². The van der Waals surface area contributed by atoms with Crippen molar-refractivity contribution >= 4 is 15.9 Å². The molecule has 3 nitrogen and oxygen atoms in total. The second-order valence-electron chi connectivity index (χ2n) is 5.57. The maximum absolute atomic E-state index is 13.4. The van der Waals surface area contributed by atoms with Crippen LogP contribution in [0.4, 0.5) is 4.39 Å². The van der Waals surface area contributed by atoms with Crippen molar-refractivity contribution in [2.75, 3.05) is 26.7 Å². The number of nitrogens with one attached hydrogen (secondary N) is 1. The van der Waals surface area contributed by atoms with Crippen molar-refractivity contribution in [2.24, 2.45) is 0 Å². The zero-order chi connectivity index (χ0) is 14.7. The molecule has 1 N–H and O–H groups in total. The Bertz CT molecular complexity index is 455. The first-order valence-corrected chi connectivity index (χ1v) is 7.78. The molecule has 0 radical (unpaired) electrons. The molecule has 1 aromatic rings. The van der Waals surface area contributed by atoms with Crippen LogP contribution in [0, 0.1) is 5.82 Å². The normalized spacial score (nSPS) is 24.3. The molecule has 1 aromatic carbocycles. The Kier molecular flexibility index (Phi) is 5.55. The number of likely N-dealkylation sites (N-methyl/N-ethyl adjacent to an activating group) is 1. The number of ether oxygens (including phenoxy) is 1. The molecule has 2 atom stereocenters. The highest BCUT2D eigenvalue weighted by Crippen LogP contribution is 2.30. The lowest BCUT2D eigenvalue weighted by Crippen LogP contribution is -2.48. The summed E-state index contributed by atoms with van der Waals surface area (Å²) in [6, 6.07) is 5.78. The highest BCUT2D eigenvalue weighted by Gasteiger charge is 2.31. The Morgan fingerprint density at radius 1 is 1.50 bits per heavy atom. The third-order valence-corrected chi connectivity index (χ3v) is 4.22. The van der Waals surface area contributed by atoms with Gasteiger partial charge in [0, 0.05) is 19.1 Å². The fourth-order valence-electron chi connectivity index (χ4n) is 2.55. The highest BCUT2D eigenvalue weighted by atomic mass is 79.9. The number of rotatable bonds is 4. The molecule has 20 heavy (non-hydrogen) atoms. The molecule has 0 aromatic heterocycles.